The second kappa shape index (κ2) is 21.7. The van der Waals surface area contributed by atoms with Crippen LogP contribution in [0.5, 0.6) is 11.5 Å². The third-order valence-electron chi connectivity index (χ3n) is 11.3. The molecule has 2 heterocycles. The number of aliphatic hydroxyl groups excluding tert-OH is 1. The van der Waals surface area contributed by atoms with E-state index in [0.29, 0.717) is 17.4 Å². The van der Waals surface area contributed by atoms with Crippen LogP contribution < -0.4 is 9.47 Å². The number of ether oxygens (including phenoxy) is 7. The summed E-state index contributed by atoms with van der Waals surface area (Å²) in [5, 5.41) is 10.1. The number of hydrogen-bond donors (Lipinski definition) is 1. The predicted molar refractivity (Wildman–Crippen MR) is 197 cm³/mol. The number of carbonyl (C=O) groups excluding carboxylic acids is 2. The monoisotopic (exact) mass is 730 g/mol. The maximum atomic E-state index is 13.0. The molecule has 0 bridgehead atoms. The highest BCUT2D eigenvalue weighted by Gasteiger charge is 2.33. The van der Waals surface area contributed by atoms with Crippen LogP contribution in [0, 0.1) is 30.1 Å². The number of aliphatic hydroxyl groups is 1. The first-order valence-corrected chi connectivity index (χ1v) is 20.4. The van der Waals surface area contributed by atoms with Gasteiger partial charge in [0.05, 0.1) is 63.2 Å². The molecule has 4 aliphatic rings. The van der Waals surface area contributed by atoms with Crippen molar-refractivity contribution in [3.8, 4) is 11.5 Å². The summed E-state index contributed by atoms with van der Waals surface area (Å²) in [4.78, 5) is 25.9. The number of unbranched alkanes of at least 4 members (excludes halogenated alkanes) is 5. The van der Waals surface area contributed by atoms with Crippen molar-refractivity contribution in [2.24, 2.45) is 23.2 Å². The molecular formula is C42H66O10. The second-order valence-corrected chi connectivity index (χ2v) is 16.4. The number of hydrogen-bond acceptors (Lipinski definition) is 10. The van der Waals surface area contributed by atoms with Gasteiger partial charge >= 0.3 is 11.9 Å². The summed E-state index contributed by atoms with van der Waals surface area (Å²) in [6.45, 7) is 10.4. The van der Waals surface area contributed by atoms with Crippen molar-refractivity contribution in [1.82, 2.24) is 0 Å². The zero-order valence-electron chi connectivity index (χ0n) is 32.0. The molecule has 0 spiro atoms. The third kappa shape index (κ3) is 14.0. The minimum Gasteiger partial charge on any atom is -0.426 e. The SMILES string of the molecule is Cc1cc(OC(=O)C2CCC(OCCCCCC(O)CC3COC3)CC2)ccc1OC(=O)C1CCC(OCCCCCCOCC2(C)COC2)CC1. The molecule has 0 radical (unpaired) electrons. The van der Waals surface area contributed by atoms with Gasteiger partial charge in [0.2, 0.25) is 0 Å². The van der Waals surface area contributed by atoms with Crippen molar-refractivity contribution < 1.29 is 47.9 Å². The van der Waals surface area contributed by atoms with Crippen LogP contribution in [0.1, 0.15) is 122 Å². The molecule has 5 rings (SSSR count). The van der Waals surface area contributed by atoms with Gasteiger partial charge in [-0.25, -0.2) is 0 Å². The maximum Gasteiger partial charge on any atom is 0.314 e. The summed E-state index contributed by atoms with van der Waals surface area (Å²) in [5.41, 5.74) is 0.993. The molecule has 0 amide bonds. The first-order chi connectivity index (χ1) is 25.3. The van der Waals surface area contributed by atoms with E-state index in [9.17, 15) is 14.7 Å². The average Bonchev–Trinajstić information content (AvgIpc) is 3.11. The smallest absolute Gasteiger partial charge is 0.314 e. The molecule has 2 aliphatic heterocycles. The van der Waals surface area contributed by atoms with Gasteiger partial charge in [0, 0.05) is 31.2 Å². The van der Waals surface area contributed by atoms with Gasteiger partial charge < -0.3 is 38.3 Å². The topological polar surface area (TPSA) is 119 Å². The van der Waals surface area contributed by atoms with Gasteiger partial charge in [-0.2, -0.15) is 0 Å². The van der Waals surface area contributed by atoms with E-state index in [-0.39, 0.29) is 47.5 Å². The third-order valence-corrected chi connectivity index (χ3v) is 11.3. The molecule has 10 nitrogen and oxygen atoms in total. The van der Waals surface area contributed by atoms with Crippen molar-refractivity contribution in [3.05, 3.63) is 23.8 Å². The minimum absolute atomic E-state index is 0.124. The van der Waals surface area contributed by atoms with E-state index in [1.54, 1.807) is 18.2 Å². The summed E-state index contributed by atoms with van der Waals surface area (Å²) < 4.78 is 40.1. The van der Waals surface area contributed by atoms with Crippen molar-refractivity contribution in [2.45, 2.75) is 141 Å². The Balaban J connectivity index is 0.874. The van der Waals surface area contributed by atoms with Crippen LogP contribution in [0.25, 0.3) is 0 Å². The molecule has 1 N–H and O–H groups in total. The number of esters is 2. The molecule has 10 heteroatoms. The van der Waals surface area contributed by atoms with Crippen LogP contribution in [0.2, 0.25) is 0 Å². The highest BCUT2D eigenvalue weighted by Crippen LogP contribution is 2.32. The van der Waals surface area contributed by atoms with E-state index in [1.807, 2.05) is 6.92 Å². The molecule has 2 aliphatic carbocycles. The van der Waals surface area contributed by atoms with Gasteiger partial charge in [0.1, 0.15) is 11.5 Å². The second-order valence-electron chi connectivity index (χ2n) is 16.4. The summed E-state index contributed by atoms with van der Waals surface area (Å²) in [5.74, 6) is 0.873. The van der Waals surface area contributed by atoms with Crippen LogP contribution in [-0.2, 0) is 33.3 Å². The van der Waals surface area contributed by atoms with E-state index >= 15 is 0 Å². The van der Waals surface area contributed by atoms with Gasteiger partial charge in [-0.3, -0.25) is 9.59 Å². The van der Waals surface area contributed by atoms with E-state index in [0.717, 1.165) is 168 Å². The fourth-order valence-corrected chi connectivity index (χ4v) is 7.72. The molecule has 2 saturated heterocycles. The Morgan fingerprint density at radius 2 is 1.35 bits per heavy atom. The van der Waals surface area contributed by atoms with Crippen molar-refractivity contribution in [2.75, 3.05) is 52.9 Å². The first kappa shape index (κ1) is 41.1. The number of rotatable bonds is 23. The molecule has 2 saturated carbocycles. The van der Waals surface area contributed by atoms with Crippen LogP contribution in [0.4, 0.5) is 0 Å². The fourth-order valence-electron chi connectivity index (χ4n) is 7.72. The van der Waals surface area contributed by atoms with Crippen molar-refractivity contribution in [1.29, 1.82) is 0 Å². The Hall–Kier alpha value is -2.08. The molecule has 294 valence electrons. The summed E-state index contributed by atoms with van der Waals surface area (Å²) in [6, 6.07) is 5.22. The Morgan fingerprint density at radius 1 is 0.769 bits per heavy atom. The quantitative estimate of drug-likeness (QED) is 0.0688. The van der Waals surface area contributed by atoms with E-state index in [4.69, 9.17) is 33.2 Å². The highest BCUT2D eigenvalue weighted by atomic mass is 16.5. The van der Waals surface area contributed by atoms with Crippen LogP contribution in [-0.4, -0.2) is 88.2 Å². The first-order valence-electron chi connectivity index (χ1n) is 20.4. The van der Waals surface area contributed by atoms with Gasteiger partial charge in [-0.15, -0.1) is 0 Å². The number of benzene rings is 1. The van der Waals surface area contributed by atoms with Gasteiger partial charge in [0.15, 0.2) is 0 Å². The van der Waals surface area contributed by atoms with Crippen LogP contribution >= 0.6 is 0 Å². The van der Waals surface area contributed by atoms with E-state index < -0.39 is 0 Å². The van der Waals surface area contributed by atoms with E-state index in [2.05, 4.69) is 6.92 Å². The Bertz CT molecular complexity index is 1200. The zero-order chi connectivity index (χ0) is 36.6. The minimum atomic E-state index is -0.213. The molecule has 0 aromatic heterocycles. The lowest BCUT2D eigenvalue weighted by molar-refractivity contribution is -0.142. The number of carbonyl (C=O) groups is 2. The van der Waals surface area contributed by atoms with Crippen LogP contribution in [0.15, 0.2) is 18.2 Å². The Morgan fingerprint density at radius 3 is 1.88 bits per heavy atom. The maximum absolute atomic E-state index is 13.0. The zero-order valence-corrected chi connectivity index (χ0v) is 32.0. The van der Waals surface area contributed by atoms with Gasteiger partial charge in [-0.1, -0.05) is 32.6 Å². The Labute approximate surface area is 311 Å². The van der Waals surface area contributed by atoms with Crippen molar-refractivity contribution >= 4 is 11.9 Å². The highest BCUT2D eigenvalue weighted by molar-refractivity contribution is 5.77. The molecule has 1 aromatic carbocycles. The fraction of sp³-hybridized carbons (Fsp3) is 0.810. The van der Waals surface area contributed by atoms with Crippen molar-refractivity contribution in [3.63, 3.8) is 0 Å². The Kier molecular flexibility index (Phi) is 17.2. The van der Waals surface area contributed by atoms with Crippen LogP contribution in [0.3, 0.4) is 0 Å². The normalized spacial score (nSPS) is 25.1. The lowest BCUT2D eigenvalue weighted by Crippen LogP contribution is -2.43. The van der Waals surface area contributed by atoms with Gasteiger partial charge in [0.25, 0.3) is 0 Å². The lowest BCUT2D eigenvalue weighted by Gasteiger charge is -2.37. The number of aryl methyl sites for hydroxylation is 1. The largest absolute Gasteiger partial charge is 0.426 e. The molecule has 1 aromatic rings. The molecule has 4 fully saturated rings. The molecule has 1 unspecified atom stereocenters. The standard InChI is InChI=1S/C42H66O10/c1-31-24-38(51-40(44)33-11-15-36(16-12-33)50-23-9-5-6-10-35(43)25-32-26-47-27-32)19-20-39(31)52-41(45)34-13-17-37(18-14-34)49-22-8-4-3-7-21-46-28-42(2)29-48-30-42/h19-20,24,32-37,43H,3-18,21-23,25-30H2,1-2H3. The molecular weight excluding hydrogens is 664 g/mol. The lowest BCUT2D eigenvalue weighted by atomic mass is 9.87. The van der Waals surface area contributed by atoms with Gasteiger partial charge in [-0.05, 0) is 114 Å². The molecule has 1 atom stereocenters. The average molecular weight is 731 g/mol. The summed E-state index contributed by atoms with van der Waals surface area (Å²) in [6.07, 6.45) is 16.0. The predicted octanol–water partition coefficient (Wildman–Crippen LogP) is 7.53. The van der Waals surface area contributed by atoms with E-state index in [1.165, 1.54) is 0 Å². The summed E-state index contributed by atoms with van der Waals surface area (Å²) in [7, 11) is 0. The molecule has 52 heavy (non-hydrogen) atoms. The summed E-state index contributed by atoms with van der Waals surface area (Å²) >= 11 is 0.